The Bertz CT molecular complexity index is 2370. The second-order valence-corrected chi connectivity index (χ2v) is 15.4. The number of carbonyl (C=O) groups excluding carboxylic acids is 4. The molecule has 0 aliphatic carbocycles. The van der Waals surface area contributed by atoms with Gasteiger partial charge in [0.1, 0.15) is 34.4 Å². The molecule has 0 radical (unpaired) electrons. The fourth-order valence-corrected chi connectivity index (χ4v) is 6.76. The number of likely N-dealkylation sites (N-methyl/N-ethyl adjacent to an activating group) is 3. The molecule has 6 rings (SSSR count). The van der Waals surface area contributed by atoms with E-state index < -0.39 is 23.9 Å². The molecule has 2 fully saturated rings. The van der Waals surface area contributed by atoms with Crippen LogP contribution in [0.5, 0.6) is 11.5 Å². The van der Waals surface area contributed by atoms with Crippen LogP contribution in [0.3, 0.4) is 0 Å². The molecule has 4 heterocycles. The zero-order valence-corrected chi connectivity index (χ0v) is 36.2. The minimum absolute atomic E-state index is 0.00205. The van der Waals surface area contributed by atoms with Crippen molar-refractivity contribution >= 4 is 69.8 Å². The SMILES string of the molecule is CNCC(=O)Nc1ccc(N=Nc2ccccc2OC(=O)CN2CCN(C)C(c3cccc(OC(=O)CN4CCN(C)CC4)c3N=Nc3ccc(NC(=O)[C@H](C)N)nc3N)C2)c(N)n1. The maximum absolute atomic E-state index is 13.5. The number of hydrogen-bond donors (Lipinski definition) is 6. The molecule has 0 saturated carbocycles. The van der Waals surface area contributed by atoms with Crippen molar-refractivity contribution in [2.45, 2.75) is 19.0 Å². The van der Waals surface area contributed by atoms with E-state index in [1.165, 1.54) is 6.07 Å². The summed E-state index contributed by atoms with van der Waals surface area (Å²) < 4.78 is 11.8. The average molecular weight is 879 g/mol. The van der Waals surface area contributed by atoms with Crippen molar-refractivity contribution in [1.82, 2.24) is 34.9 Å². The number of aromatic nitrogens is 2. The van der Waals surface area contributed by atoms with Crippen LogP contribution in [-0.4, -0.2) is 146 Å². The van der Waals surface area contributed by atoms with E-state index in [1.54, 1.807) is 68.6 Å². The molecule has 2 aromatic heterocycles. The van der Waals surface area contributed by atoms with Crippen LogP contribution in [-0.2, 0) is 19.2 Å². The Balaban J connectivity index is 1.19. The zero-order chi connectivity index (χ0) is 45.8. The number of carbonyl (C=O) groups is 4. The quantitative estimate of drug-likeness (QED) is 0.0536. The molecule has 9 N–H and O–H groups in total. The van der Waals surface area contributed by atoms with Crippen molar-refractivity contribution in [3.63, 3.8) is 0 Å². The van der Waals surface area contributed by atoms with Gasteiger partial charge in [0.25, 0.3) is 0 Å². The minimum Gasteiger partial charge on any atom is -0.423 e. The third kappa shape index (κ3) is 12.9. The summed E-state index contributed by atoms with van der Waals surface area (Å²) in [6.45, 7) is 6.34. The predicted octanol–water partition coefficient (Wildman–Crippen LogP) is 2.96. The molecule has 2 aliphatic heterocycles. The van der Waals surface area contributed by atoms with Crippen LogP contribution >= 0.6 is 0 Å². The number of para-hydroxylation sites is 1. The standard InChI is InChI=1S/C42H54N16O6/c1-26(43)42(62)50-35-15-13-30(41(45)49-35)53-54-39-27(8-7-11-33(39)64-37(60)24-57-19-16-55(3)17-20-57)31-23-58(21-18-56(31)4)25-38(61)63-32-10-6-5-9-28(32)51-52-29-12-14-34(48-40(29)44)47-36(59)22-46-2/h5-15,26,31,46H,16-25,43H2,1-4H3,(H3,44,47,48,59)(H3,45,49,50,62)/t26-,31?/m0/s1. The maximum atomic E-state index is 13.5. The second-order valence-electron chi connectivity index (χ2n) is 15.4. The lowest BCUT2D eigenvalue weighted by Crippen LogP contribution is -2.48. The molecule has 64 heavy (non-hydrogen) atoms. The van der Waals surface area contributed by atoms with Crippen LogP contribution in [0.4, 0.5) is 46.0 Å². The molecule has 0 bridgehead atoms. The summed E-state index contributed by atoms with van der Waals surface area (Å²) in [5.74, 6) is -0.773. The molecule has 338 valence electrons. The van der Waals surface area contributed by atoms with Crippen molar-refractivity contribution in [1.29, 1.82) is 0 Å². The number of azo groups is 2. The van der Waals surface area contributed by atoms with Crippen LogP contribution in [0.15, 0.2) is 87.2 Å². The number of nitrogens with one attached hydrogen (secondary N) is 3. The summed E-state index contributed by atoms with van der Waals surface area (Å²) >= 11 is 0. The highest BCUT2D eigenvalue weighted by Crippen LogP contribution is 2.40. The molecule has 1 unspecified atom stereocenters. The van der Waals surface area contributed by atoms with Gasteiger partial charge in [-0.3, -0.25) is 33.9 Å². The van der Waals surface area contributed by atoms with Crippen LogP contribution in [0.1, 0.15) is 18.5 Å². The summed E-state index contributed by atoms with van der Waals surface area (Å²) in [6.07, 6.45) is 0. The first kappa shape index (κ1) is 46.7. The van der Waals surface area contributed by atoms with Gasteiger partial charge in [0.05, 0.1) is 25.7 Å². The van der Waals surface area contributed by atoms with E-state index in [0.29, 0.717) is 30.9 Å². The Morgan fingerprint density at radius 2 is 1.30 bits per heavy atom. The summed E-state index contributed by atoms with van der Waals surface area (Å²) in [7, 11) is 5.66. The van der Waals surface area contributed by atoms with Crippen molar-refractivity contribution < 1.29 is 28.7 Å². The van der Waals surface area contributed by atoms with Gasteiger partial charge in [0, 0.05) is 57.4 Å². The molecule has 2 aliphatic rings. The highest BCUT2D eigenvalue weighted by molar-refractivity contribution is 5.94. The second kappa shape index (κ2) is 22.0. The molecule has 2 aromatic carbocycles. The van der Waals surface area contributed by atoms with Gasteiger partial charge in [0.15, 0.2) is 23.1 Å². The summed E-state index contributed by atoms with van der Waals surface area (Å²) in [4.78, 5) is 67.7. The maximum Gasteiger partial charge on any atom is 0.325 e. The van der Waals surface area contributed by atoms with Gasteiger partial charge < -0.3 is 47.5 Å². The first-order valence-electron chi connectivity index (χ1n) is 20.6. The average Bonchev–Trinajstić information content (AvgIpc) is 3.25. The molecular weight excluding hydrogens is 825 g/mol. The van der Waals surface area contributed by atoms with Crippen molar-refractivity contribution in [3.05, 3.63) is 72.3 Å². The third-order valence-corrected chi connectivity index (χ3v) is 10.3. The monoisotopic (exact) mass is 878 g/mol. The lowest BCUT2D eigenvalue weighted by molar-refractivity contribution is -0.137. The van der Waals surface area contributed by atoms with E-state index >= 15 is 0 Å². The van der Waals surface area contributed by atoms with E-state index in [-0.39, 0.29) is 83.4 Å². The largest absolute Gasteiger partial charge is 0.423 e. The fraction of sp³-hybridized carbons (Fsp3) is 0.381. The number of amides is 2. The number of nitrogen functional groups attached to an aromatic ring is 2. The van der Waals surface area contributed by atoms with Gasteiger partial charge in [0.2, 0.25) is 11.8 Å². The number of benzene rings is 2. The van der Waals surface area contributed by atoms with Crippen molar-refractivity contribution in [3.8, 4) is 11.5 Å². The van der Waals surface area contributed by atoms with Gasteiger partial charge >= 0.3 is 11.9 Å². The number of pyridine rings is 2. The smallest absolute Gasteiger partial charge is 0.325 e. The van der Waals surface area contributed by atoms with E-state index in [2.05, 4.69) is 56.2 Å². The molecule has 22 heteroatoms. The van der Waals surface area contributed by atoms with Crippen LogP contribution < -0.4 is 42.6 Å². The normalized spacial score (nSPS) is 17.0. The molecule has 0 spiro atoms. The summed E-state index contributed by atoms with van der Waals surface area (Å²) in [6, 6.07) is 17.1. The third-order valence-electron chi connectivity index (χ3n) is 10.3. The predicted molar refractivity (Wildman–Crippen MR) is 240 cm³/mol. The number of ether oxygens (including phenoxy) is 2. The Labute approximate surface area is 370 Å². The summed E-state index contributed by atoms with van der Waals surface area (Å²) in [5, 5.41) is 25.5. The molecule has 4 aromatic rings. The van der Waals surface area contributed by atoms with Gasteiger partial charge in [-0.1, -0.05) is 24.3 Å². The van der Waals surface area contributed by atoms with Crippen molar-refractivity contribution in [2.24, 2.45) is 26.2 Å². The zero-order valence-electron chi connectivity index (χ0n) is 36.2. The number of rotatable bonds is 16. The molecular formula is C42H54N16O6. The van der Waals surface area contributed by atoms with Gasteiger partial charge in [-0.2, -0.15) is 0 Å². The summed E-state index contributed by atoms with van der Waals surface area (Å²) in [5.41, 5.74) is 19.8. The van der Waals surface area contributed by atoms with E-state index in [0.717, 1.165) is 26.2 Å². The number of nitrogens with zero attached hydrogens (tertiary/aromatic N) is 10. The van der Waals surface area contributed by atoms with Gasteiger partial charge in [-0.05, 0) is 70.5 Å². The van der Waals surface area contributed by atoms with Crippen LogP contribution in [0, 0.1) is 0 Å². The number of hydrogen-bond acceptors (Lipinski definition) is 20. The van der Waals surface area contributed by atoms with Crippen molar-refractivity contribution in [2.75, 3.05) is 109 Å². The minimum atomic E-state index is -0.753. The molecule has 22 nitrogen and oxygen atoms in total. The Hall–Kier alpha value is -6.82. The fourth-order valence-electron chi connectivity index (χ4n) is 6.76. The highest BCUT2D eigenvalue weighted by Gasteiger charge is 2.31. The Morgan fingerprint density at radius 1 is 0.719 bits per heavy atom. The van der Waals surface area contributed by atoms with Crippen LogP contribution in [0.2, 0.25) is 0 Å². The van der Waals surface area contributed by atoms with Crippen LogP contribution in [0.25, 0.3) is 0 Å². The Kier molecular flexibility index (Phi) is 16.0. The number of anilines is 4. The van der Waals surface area contributed by atoms with E-state index in [1.807, 2.05) is 30.0 Å². The van der Waals surface area contributed by atoms with E-state index in [4.69, 9.17) is 26.7 Å². The molecule has 2 amide bonds. The first-order chi connectivity index (χ1) is 30.8. The highest BCUT2D eigenvalue weighted by atomic mass is 16.5. The lowest BCUT2D eigenvalue weighted by atomic mass is 10.00. The molecule has 2 atom stereocenters. The van der Waals surface area contributed by atoms with E-state index in [9.17, 15) is 19.2 Å². The number of esters is 2. The first-order valence-corrected chi connectivity index (χ1v) is 20.6. The van der Waals surface area contributed by atoms with Gasteiger partial charge in [-0.25, -0.2) is 9.97 Å². The topological polar surface area (TPSA) is 289 Å². The van der Waals surface area contributed by atoms with Gasteiger partial charge in [-0.15, -0.1) is 20.5 Å². The lowest BCUT2D eigenvalue weighted by Gasteiger charge is -2.39. The Morgan fingerprint density at radius 3 is 1.95 bits per heavy atom. The number of piperazine rings is 2. The number of nitrogens with two attached hydrogens (primary N) is 3. The molecule has 2 saturated heterocycles.